The number of aryl methyl sites for hydroxylation is 1. The van der Waals surface area contributed by atoms with Crippen LogP contribution in [-0.2, 0) is 6.42 Å². The number of rotatable bonds is 7. The van der Waals surface area contributed by atoms with Crippen LogP contribution in [0.5, 0.6) is 11.5 Å². The highest BCUT2D eigenvalue weighted by molar-refractivity contribution is 9.10. The number of fused-ring (bicyclic) bond motifs is 1. The Morgan fingerprint density at radius 1 is 1.28 bits per heavy atom. The molecular weight excluding hydrogens is 436 g/mol. The Morgan fingerprint density at radius 3 is 2.83 bits per heavy atom. The number of nitrogens with zero attached hydrogens (tertiary/aromatic N) is 4. The van der Waals surface area contributed by atoms with Crippen molar-refractivity contribution in [2.45, 2.75) is 19.8 Å². The number of halogens is 1. The number of benzene rings is 2. The molecule has 148 valence electrons. The van der Waals surface area contributed by atoms with Crippen LogP contribution >= 0.6 is 15.9 Å². The molecule has 0 spiro atoms. The van der Waals surface area contributed by atoms with Crippen LogP contribution in [0.25, 0.3) is 10.9 Å². The number of methoxy groups -OCH3 is 1. The van der Waals surface area contributed by atoms with Crippen LogP contribution in [0, 0.1) is 11.3 Å². The molecule has 3 rings (SSSR count). The molecule has 0 aliphatic rings. The summed E-state index contributed by atoms with van der Waals surface area (Å²) in [6.45, 7) is 1.95. The molecule has 7 nitrogen and oxygen atoms in total. The summed E-state index contributed by atoms with van der Waals surface area (Å²) < 4.78 is 12.8. The fraction of sp³-hybridized carbons (Fsp3) is 0.238. The maximum Gasteiger partial charge on any atom is 0.282 e. The first kappa shape index (κ1) is 20.6. The lowest BCUT2D eigenvalue weighted by Gasteiger charge is -2.10. The molecule has 2 aromatic carbocycles. The van der Waals surface area contributed by atoms with Gasteiger partial charge in [0.2, 0.25) is 0 Å². The Labute approximate surface area is 176 Å². The van der Waals surface area contributed by atoms with E-state index in [1.807, 2.05) is 25.1 Å². The minimum atomic E-state index is -0.225. The zero-order valence-corrected chi connectivity index (χ0v) is 17.6. The van der Waals surface area contributed by atoms with E-state index in [1.54, 1.807) is 30.5 Å². The summed E-state index contributed by atoms with van der Waals surface area (Å²) >= 11 is 3.40. The number of aromatic nitrogens is 2. The molecule has 0 fully saturated rings. The van der Waals surface area contributed by atoms with Crippen LogP contribution in [0.3, 0.4) is 0 Å². The molecule has 3 aromatic rings. The molecule has 0 aliphatic heterocycles. The van der Waals surface area contributed by atoms with Crippen molar-refractivity contribution in [2.75, 3.05) is 13.7 Å². The molecular formula is C21H19BrN4O3. The molecule has 0 bridgehead atoms. The van der Waals surface area contributed by atoms with Crippen molar-refractivity contribution in [2.24, 2.45) is 5.10 Å². The van der Waals surface area contributed by atoms with Crippen LogP contribution in [0.1, 0.15) is 24.7 Å². The fourth-order valence-electron chi connectivity index (χ4n) is 2.82. The molecule has 0 amide bonds. The lowest BCUT2D eigenvalue weighted by Crippen LogP contribution is -2.22. The maximum atomic E-state index is 13.0. The number of ether oxygens (including phenoxy) is 2. The van der Waals surface area contributed by atoms with Gasteiger partial charge in [-0.25, -0.2) is 4.98 Å². The van der Waals surface area contributed by atoms with E-state index in [1.165, 1.54) is 11.8 Å². The third-order valence-corrected chi connectivity index (χ3v) is 4.64. The first-order valence-electron chi connectivity index (χ1n) is 9.00. The van der Waals surface area contributed by atoms with Crippen molar-refractivity contribution >= 4 is 33.0 Å². The van der Waals surface area contributed by atoms with Gasteiger partial charge in [0.05, 0.1) is 24.2 Å². The third-order valence-electron chi connectivity index (χ3n) is 4.15. The normalized spacial score (nSPS) is 11.0. The van der Waals surface area contributed by atoms with Gasteiger partial charge < -0.3 is 9.47 Å². The van der Waals surface area contributed by atoms with Crippen LogP contribution < -0.4 is 15.0 Å². The van der Waals surface area contributed by atoms with Crippen molar-refractivity contribution in [3.05, 3.63) is 62.6 Å². The van der Waals surface area contributed by atoms with Crippen LogP contribution in [0.15, 0.2) is 50.8 Å². The third kappa shape index (κ3) is 4.63. The van der Waals surface area contributed by atoms with Gasteiger partial charge in [0.25, 0.3) is 5.56 Å². The van der Waals surface area contributed by atoms with Gasteiger partial charge in [0, 0.05) is 10.9 Å². The van der Waals surface area contributed by atoms with E-state index in [2.05, 4.69) is 26.0 Å². The smallest absolute Gasteiger partial charge is 0.282 e. The van der Waals surface area contributed by atoms with Gasteiger partial charge in [-0.05, 0) is 48.4 Å². The lowest BCUT2D eigenvalue weighted by molar-refractivity contribution is 0.329. The topological polar surface area (TPSA) is 89.5 Å². The first-order valence-corrected chi connectivity index (χ1v) is 9.80. The van der Waals surface area contributed by atoms with Crippen molar-refractivity contribution in [3.8, 4) is 17.6 Å². The summed E-state index contributed by atoms with van der Waals surface area (Å²) in [6.07, 6.45) is 3.04. The number of hydrogen-bond acceptors (Lipinski definition) is 6. The highest BCUT2D eigenvalue weighted by atomic mass is 79.9. The van der Waals surface area contributed by atoms with Gasteiger partial charge in [-0.1, -0.05) is 22.9 Å². The van der Waals surface area contributed by atoms with Gasteiger partial charge in [0.1, 0.15) is 11.9 Å². The van der Waals surface area contributed by atoms with Crippen molar-refractivity contribution in [3.63, 3.8) is 0 Å². The summed E-state index contributed by atoms with van der Waals surface area (Å²) in [5.41, 5.74) is 1.14. The predicted molar refractivity (Wildman–Crippen MR) is 115 cm³/mol. The molecule has 0 N–H and O–H groups in total. The van der Waals surface area contributed by atoms with Crippen molar-refractivity contribution in [1.29, 1.82) is 5.26 Å². The van der Waals surface area contributed by atoms with E-state index < -0.39 is 0 Å². The summed E-state index contributed by atoms with van der Waals surface area (Å²) in [4.78, 5) is 17.6. The fourth-order valence-corrected chi connectivity index (χ4v) is 3.18. The van der Waals surface area contributed by atoms with Crippen LogP contribution in [-0.4, -0.2) is 29.6 Å². The second-order valence-electron chi connectivity index (χ2n) is 6.16. The van der Waals surface area contributed by atoms with Gasteiger partial charge >= 0.3 is 0 Å². The molecule has 0 saturated carbocycles. The van der Waals surface area contributed by atoms with Gasteiger partial charge in [0.15, 0.2) is 18.1 Å². The van der Waals surface area contributed by atoms with E-state index in [0.29, 0.717) is 34.6 Å². The zero-order chi connectivity index (χ0) is 20.8. The minimum Gasteiger partial charge on any atom is -0.493 e. The highest BCUT2D eigenvalue weighted by Gasteiger charge is 2.11. The van der Waals surface area contributed by atoms with Crippen molar-refractivity contribution < 1.29 is 9.47 Å². The second kappa shape index (κ2) is 9.34. The average Bonchev–Trinajstić information content (AvgIpc) is 2.73. The molecule has 0 unspecified atom stereocenters. The van der Waals surface area contributed by atoms with Gasteiger partial charge in [-0.15, -0.1) is 0 Å². The predicted octanol–water partition coefficient (Wildman–Crippen LogP) is 3.90. The molecule has 0 saturated heterocycles. The molecule has 0 atom stereocenters. The Morgan fingerprint density at radius 2 is 2.10 bits per heavy atom. The second-order valence-corrected chi connectivity index (χ2v) is 7.07. The summed E-state index contributed by atoms with van der Waals surface area (Å²) in [5, 5.41) is 13.6. The molecule has 0 radical (unpaired) electrons. The summed E-state index contributed by atoms with van der Waals surface area (Å²) in [6, 6.07) is 12.5. The number of nitriles is 1. The summed E-state index contributed by atoms with van der Waals surface area (Å²) in [7, 11) is 1.52. The highest BCUT2D eigenvalue weighted by Crippen LogP contribution is 2.27. The first-order chi connectivity index (χ1) is 14.1. The Hall–Kier alpha value is -3.18. The Bertz CT molecular complexity index is 1170. The maximum absolute atomic E-state index is 13.0. The van der Waals surface area contributed by atoms with Gasteiger partial charge in [-0.3, -0.25) is 4.79 Å². The van der Waals surface area contributed by atoms with Gasteiger partial charge in [-0.2, -0.15) is 15.0 Å². The lowest BCUT2D eigenvalue weighted by atomic mass is 10.2. The van der Waals surface area contributed by atoms with E-state index in [4.69, 9.17) is 14.7 Å². The minimum absolute atomic E-state index is 0.0715. The molecule has 1 heterocycles. The average molecular weight is 455 g/mol. The van der Waals surface area contributed by atoms with Crippen molar-refractivity contribution in [1.82, 2.24) is 9.66 Å². The zero-order valence-electron chi connectivity index (χ0n) is 16.1. The largest absolute Gasteiger partial charge is 0.493 e. The monoisotopic (exact) mass is 454 g/mol. The standard InChI is InChI=1S/C21H19BrN4O3/c1-3-4-20-25-17-7-6-15(22)12-16(17)21(27)26(20)24-13-14-5-8-18(29-10-9-23)19(11-14)28-2/h5-8,11-13H,3-4,10H2,1-2H3. The Kier molecular flexibility index (Phi) is 6.62. The quantitative estimate of drug-likeness (QED) is 0.504. The van der Waals surface area contributed by atoms with Crippen LogP contribution in [0.2, 0.25) is 0 Å². The van der Waals surface area contributed by atoms with E-state index in [-0.39, 0.29) is 12.2 Å². The van der Waals surface area contributed by atoms with Crippen LogP contribution in [0.4, 0.5) is 0 Å². The SMILES string of the molecule is CCCc1nc2ccc(Br)cc2c(=O)n1N=Cc1ccc(OCC#N)c(OC)c1. The van der Waals surface area contributed by atoms with E-state index in [9.17, 15) is 4.79 Å². The van der Waals surface area contributed by atoms with E-state index in [0.717, 1.165) is 16.5 Å². The Balaban J connectivity index is 2.03. The molecule has 29 heavy (non-hydrogen) atoms. The summed E-state index contributed by atoms with van der Waals surface area (Å²) in [5.74, 6) is 1.54. The number of hydrogen-bond donors (Lipinski definition) is 0. The van der Waals surface area contributed by atoms with E-state index >= 15 is 0 Å². The molecule has 8 heteroatoms. The molecule has 1 aromatic heterocycles. The molecule has 0 aliphatic carbocycles.